The van der Waals surface area contributed by atoms with Gasteiger partial charge in [0.15, 0.2) is 11.5 Å². The maximum absolute atomic E-state index is 6.04. The maximum Gasteiger partial charge on any atom is 0.201 e. The largest absolute Gasteiger partial charge is 0.493 e. The fourth-order valence-corrected chi connectivity index (χ4v) is 2.45. The highest BCUT2D eigenvalue weighted by atomic mass is 16.5. The second-order valence-corrected chi connectivity index (χ2v) is 4.67. The van der Waals surface area contributed by atoms with E-state index in [9.17, 15) is 0 Å². The molecule has 0 aliphatic carbocycles. The number of rotatable bonds is 5. The minimum Gasteiger partial charge on any atom is -0.493 e. The normalized spacial score (nSPS) is 12.6. The van der Waals surface area contributed by atoms with E-state index < -0.39 is 0 Å². The number of nitrogen functional groups attached to an aromatic ring is 1. The van der Waals surface area contributed by atoms with Crippen molar-refractivity contribution in [3.8, 4) is 11.5 Å². The molecule has 104 valence electrons. The Morgan fingerprint density at radius 1 is 1.26 bits per heavy atom. The maximum atomic E-state index is 6.04. The van der Waals surface area contributed by atoms with Crippen LogP contribution in [0.25, 0.3) is 11.0 Å². The second-order valence-electron chi connectivity index (χ2n) is 4.67. The van der Waals surface area contributed by atoms with Crippen LogP contribution in [0.2, 0.25) is 0 Å². The van der Waals surface area contributed by atoms with Gasteiger partial charge in [0.2, 0.25) is 5.95 Å². The topological polar surface area (TPSA) is 62.3 Å². The monoisotopic (exact) mass is 263 g/mol. The van der Waals surface area contributed by atoms with Gasteiger partial charge in [-0.1, -0.05) is 13.3 Å². The molecule has 0 fully saturated rings. The van der Waals surface area contributed by atoms with Crippen molar-refractivity contribution in [1.29, 1.82) is 0 Å². The number of hydrogen-bond donors (Lipinski definition) is 1. The van der Waals surface area contributed by atoms with Crippen LogP contribution in [0.1, 0.15) is 32.7 Å². The van der Waals surface area contributed by atoms with E-state index in [1.165, 1.54) is 0 Å². The highest BCUT2D eigenvalue weighted by molar-refractivity contribution is 5.82. The number of benzene rings is 1. The lowest BCUT2D eigenvalue weighted by Crippen LogP contribution is -2.08. The van der Waals surface area contributed by atoms with Crippen LogP contribution >= 0.6 is 0 Å². The fraction of sp³-hybridized carbons (Fsp3) is 0.500. The van der Waals surface area contributed by atoms with Crippen LogP contribution in [0.4, 0.5) is 5.95 Å². The molecular weight excluding hydrogens is 242 g/mol. The number of hydrogen-bond acceptors (Lipinski definition) is 4. The average Bonchev–Trinajstić information content (AvgIpc) is 2.72. The molecule has 2 aromatic rings. The molecule has 5 nitrogen and oxygen atoms in total. The molecule has 2 rings (SSSR count). The summed E-state index contributed by atoms with van der Waals surface area (Å²) in [5, 5.41) is 0. The van der Waals surface area contributed by atoms with Crippen LogP contribution in [-0.2, 0) is 0 Å². The molecule has 1 atom stereocenters. The third kappa shape index (κ3) is 2.32. The Balaban J connectivity index is 2.61. The van der Waals surface area contributed by atoms with Gasteiger partial charge >= 0.3 is 0 Å². The number of nitrogens with zero attached hydrogens (tertiary/aromatic N) is 2. The summed E-state index contributed by atoms with van der Waals surface area (Å²) in [4.78, 5) is 4.41. The Hall–Kier alpha value is -1.91. The summed E-state index contributed by atoms with van der Waals surface area (Å²) in [6, 6.07) is 4.11. The summed E-state index contributed by atoms with van der Waals surface area (Å²) in [7, 11) is 3.24. The first-order chi connectivity index (χ1) is 9.12. The number of ether oxygens (including phenoxy) is 2. The molecule has 1 aromatic heterocycles. The van der Waals surface area contributed by atoms with Gasteiger partial charge in [-0.25, -0.2) is 4.98 Å². The SMILES string of the molecule is CCCC(C)n1c(N)nc2cc(OC)c(OC)cc21. The van der Waals surface area contributed by atoms with Gasteiger partial charge < -0.3 is 19.8 Å². The molecule has 0 saturated carbocycles. The van der Waals surface area contributed by atoms with Crippen molar-refractivity contribution in [2.24, 2.45) is 0 Å². The molecule has 1 unspecified atom stereocenters. The van der Waals surface area contributed by atoms with Crippen LogP contribution in [-0.4, -0.2) is 23.8 Å². The van der Waals surface area contributed by atoms with Crippen molar-refractivity contribution in [1.82, 2.24) is 9.55 Å². The first-order valence-corrected chi connectivity index (χ1v) is 6.51. The van der Waals surface area contributed by atoms with Crippen molar-refractivity contribution in [2.45, 2.75) is 32.7 Å². The Morgan fingerprint density at radius 2 is 1.89 bits per heavy atom. The molecule has 0 radical (unpaired) electrons. The van der Waals surface area contributed by atoms with E-state index in [4.69, 9.17) is 15.2 Å². The number of nitrogens with two attached hydrogens (primary N) is 1. The molecular formula is C14H21N3O2. The zero-order valence-electron chi connectivity index (χ0n) is 11.9. The molecule has 1 aromatic carbocycles. The molecule has 0 aliphatic rings. The summed E-state index contributed by atoms with van der Waals surface area (Å²) in [5.41, 5.74) is 7.85. The first-order valence-electron chi connectivity index (χ1n) is 6.51. The number of methoxy groups -OCH3 is 2. The van der Waals surface area contributed by atoms with E-state index in [1.54, 1.807) is 14.2 Å². The predicted octanol–water partition coefficient (Wildman–Crippen LogP) is 3.00. The lowest BCUT2D eigenvalue weighted by Gasteiger charge is -2.15. The van der Waals surface area contributed by atoms with Gasteiger partial charge in [-0.15, -0.1) is 0 Å². The summed E-state index contributed by atoms with van der Waals surface area (Å²) < 4.78 is 12.7. The third-order valence-electron chi connectivity index (χ3n) is 3.37. The molecule has 0 saturated heterocycles. The summed E-state index contributed by atoms with van der Waals surface area (Å²) in [6.07, 6.45) is 2.16. The standard InChI is InChI=1S/C14H21N3O2/c1-5-6-9(2)17-11-8-13(19-4)12(18-3)7-10(11)16-14(17)15/h7-9H,5-6H2,1-4H3,(H2,15,16). The van der Waals surface area contributed by atoms with Gasteiger partial charge in [-0.3, -0.25) is 0 Å². The smallest absolute Gasteiger partial charge is 0.201 e. The second kappa shape index (κ2) is 5.38. The van der Waals surface area contributed by atoms with Gasteiger partial charge in [0.1, 0.15) is 0 Å². The van der Waals surface area contributed by atoms with E-state index in [2.05, 4.69) is 23.4 Å². The van der Waals surface area contributed by atoms with Crippen LogP contribution < -0.4 is 15.2 Å². The molecule has 0 amide bonds. The van der Waals surface area contributed by atoms with Crippen LogP contribution in [0.5, 0.6) is 11.5 Å². The van der Waals surface area contributed by atoms with E-state index in [0.29, 0.717) is 23.5 Å². The summed E-state index contributed by atoms with van der Waals surface area (Å²) >= 11 is 0. The molecule has 5 heteroatoms. The number of imidazole rings is 1. The Kier molecular flexibility index (Phi) is 3.83. The van der Waals surface area contributed by atoms with Gasteiger partial charge in [0, 0.05) is 18.2 Å². The summed E-state index contributed by atoms with van der Waals surface area (Å²) in [6.45, 7) is 4.31. The minimum absolute atomic E-state index is 0.313. The average molecular weight is 263 g/mol. The van der Waals surface area contributed by atoms with Gasteiger partial charge in [0.05, 0.1) is 25.3 Å². The quantitative estimate of drug-likeness (QED) is 0.900. The minimum atomic E-state index is 0.313. The Labute approximate surface area is 113 Å². The predicted molar refractivity (Wildman–Crippen MR) is 76.9 cm³/mol. The van der Waals surface area contributed by atoms with Gasteiger partial charge in [-0.2, -0.15) is 0 Å². The zero-order chi connectivity index (χ0) is 14.0. The lowest BCUT2D eigenvalue weighted by molar-refractivity contribution is 0.355. The van der Waals surface area contributed by atoms with Crippen molar-refractivity contribution in [3.05, 3.63) is 12.1 Å². The molecule has 0 bridgehead atoms. The molecule has 19 heavy (non-hydrogen) atoms. The molecule has 1 heterocycles. The first kappa shape index (κ1) is 13.5. The van der Waals surface area contributed by atoms with E-state index in [1.807, 2.05) is 12.1 Å². The van der Waals surface area contributed by atoms with Crippen LogP contribution in [0.15, 0.2) is 12.1 Å². The van der Waals surface area contributed by atoms with Crippen LogP contribution in [0.3, 0.4) is 0 Å². The van der Waals surface area contributed by atoms with Crippen molar-refractivity contribution in [3.63, 3.8) is 0 Å². The van der Waals surface area contributed by atoms with Crippen molar-refractivity contribution in [2.75, 3.05) is 20.0 Å². The van der Waals surface area contributed by atoms with E-state index >= 15 is 0 Å². The zero-order valence-corrected chi connectivity index (χ0v) is 11.9. The van der Waals surface area contributed by atoms with Crippen molar-refractivity contribution >= 4 is 17.0 Å². The molecule has 2 N–H and O–H groups in total. The highest BCUT2D eigenvalue weighted by Gasteiger charge is 2.16. The van der Waals surface area contributed by atoms with Crippen LogP contribution in [0, 0.1) is 0 Å². The lowest BCUT2D eigenvalue weighted by atomic mass is 10.2. The number of aromatic nitrogens is 2. The Bertz CT molecular complexity index is 578. The Morgan fingerprint density at radius 3 is 2.47 bits per heavy atom. The number of anilines is 1. The van der Waals surface area contributed by atoms with Gasteiger partial charge in [0.25, 0.3) is 0 Å². The molecule has 0 spiro atoms. The van der Waals surface area contributed by atoms with E-state index in [0.717, 1.165) is 23.9 Å². The van der Waals surface area contributed by atoms with E-state index in [-0.39, 0.29) is 0 Å². The molecule has 0 aliphatic heterocycles. The number of fused-ring (bicyclic) bond motifs is 1. The summed E-state index contributed by atoms with van der Waals surface area (Å²) in [5.74, 6) is 1.90. The van der Waals surface area contributed by atoms with Gasteiger partial charge in [-0.05, 0) is 13.3 Å². The van der Waals surface area contributed by atoms with Crippen molar-refractivity contribution < 1.29 is 9.47 Å². The highest BCUT2D eigenvalue weighted by Crippen LogP contribution is 2.34. The third-order valence-corrected chi connectivity index (χ3v) is 3.37. The fourth-order valence-electron chi connectivity index (χ4n) is 2.45.